The average Bonchev–Trinajstić information content (AvgIpc) is 3.48. The molecule has 0 aromatic carbocycles. The van der Waals surface area contributed by atoms with Gasteiger partial charge < -0.3 is 15.2 Å². The van der Waals surface area contributed by atoms with Gasteiger partial charge in [-0.05, 0) is 86.0 Å². The number of alkyl halides is 2. The Kier molecular flexibility index (Phi) is 5.41. The Morgan fingerprint density at radius 2 is 1.77 bits per heavy atom. The Morgan fingerprint density at radius 1 is 1.10 bits per heavy atom. The molecule has 1 saturated heterocycles. The summed E-state index contributed by atoms with van der Waals surface area (Å²) in [6.07, 6.45) is 6.60. The molecule has 1 spiro atoms. The van der Waals surface area contributed by atoms with E-state index < -0.39 is 34.5 Å². The van der Waals surface area contributed by atoms with E-state index in [9.17, 15) is 28.7 Å². The molecular weight excluding hydrogens is 514 g/mol. The number of rotatable bonds is 2. The van der Waals surface area contributed by atoms with Gasteiger partial charge in [-0.1, -0.05) is 40.2 Å². The first-order valence-electron chi connectivity index (χ1n) is 14.8. The molecule has 4 fully saturated rings. The Balaban J connectivity index is 1.43. The normalized spacial score (nSPS) is 48.8. The van der Waals surface area contributed by atoms with Gasteiger partial charge in [0.25, 0.3) is 5.91 Å². The average molecular weight is 557 g/mol. The smallest absolute Gasteiger partial charge is 0.321 e. The van der Waals surface area contributed by atoms with Crippen LogP contribution in [-0.2, 0) is 14.3 Å². The predicted molar refractivity (Wildman–Crippen MR) is 144 cm³/mol. The summed E-state index contributed by atoms with van der Waals surface area (Å²) in [5.41, 5.74) is -1.76. The van der Waals surface area contributed by atoms with E-state index in [0.717, 1.165) is 37.7 Å². The third kappa shape index (κ3) is 3.16. The van der Waals surface area contributed by atoms with Crippen LogP contribution in [0.1, 0.15) is 93.4 Å². The topological polar surface area (TPSA) is 103 Å². The lowest BCUT2D eigenvalue weighted by atomic mass is 9.36. The van der Waals surface area contributed by atoms with Gasteiger partial charge in [0.2, 0.25) is 0 Å². The van der Waals surface area contributed by atoms with Crippen molar-refractivity contribution < 1.29 is 28.2 Å². The highest BCUT2D eigenvalue weighted by Crippen LogP contribution is 2.79. The number of halogens is 2. The Labute approximate surface area is 235 Å². The predicted octanol–water partition coefficient (Wildman–Crippen LogP) is 6.18. The van der Waals surface area contributed by atoms with Gasteiger partial charge in [0.1, 0.15) is 11.4 Å². The summed E-state index contributed by atoms with van der Waals surface area (Å²) in [4.78, 5) is 26.7. The van der Waals surface area contributed by atoms with Crippen molar-refractivity contribution in [2.45, 2.75) is 117 Å². The van der Waals surface area contributed by atoms with Gasteiger partial charge in [0.05, 0.1) is 11.6 Å². The van der Waals surface area contributed by atoms with Gasteiger partial charge in [-0.15, -0.1) is 0 Å². The van der Waals surface area contributed by atoms with Crippen molar-refractivity contribution in [1.82, 2.24) is 5.32 Å². The van der Waals surface area contributed by atoms with E-state index >= 15 is 0 Å². The van der Waals surface area contributed by atoms with Crippen LogP contribution in [0, 0.1) is 50.7 Å². The molecule has 0 aromatic heterocycles. The van der Waals surface area contributed by atoms with Crippen molar-refractivity contribution in [2.24, 2.45) is 39.4 Å². The molecule has 6 aliphatic rings. The number of allylic oxidation sites excluding steroid dienone is 2. The van der Waals surface area contributed by atoms with Gasteiger partial charge in [-0.25, -0.2) is 0 Å². The van der Waals surface area contributed by atoms with Crippen LogP contribution < -0.4 is 5.32 Å². The second kappa shape index (κ2) is 7.76. The lowest BCUT2D eigenvalue weighted by Gasteiger charge is -2.67. The summed E-state index contributed by atoms with van der Waals surface area (Å²) < 4.78 is 34.2. The zero-order valence-corrected chi connectivity index (χ0v) is 24.7. The molecule has 0 aromatic rings. The van der Waals surface area contributed by atoms with Crippen molar-refractivity contribution in [2.75, 3.05) is 0 Å². The number of aliphatic hydroxyl groups is 1. The summed E-state index contributed by atoms with van der Waals surface area (Å²) in [7, 11) is 0. The standard InChI is InChI=1S/C32H42F2N2O4/c1-26(2)14-19-18(20(15-26)36-25(39)31(7,33)34)8-9-28(4)23(19)21(37)12-22-27(28,3)10-11-32-29(22,5)13-17(16-35)24(38)30(32,6)40-32/h12,18-20,23,38H,8-11,13-15H2,1-7H3,(H,36,39)/t18?,19-,20-,23+,27-,28-,29-,30-,32+/m1/s1. The van der Waals surface area contributed by atoms with E-state index in [2.05, 4.69) is 46.0 Å². The number of epoxide rings is 1. The minimum atomic E-state index is -3.45. The summed E-state index contributed by atoms with van der Waals surface area (Å²) >= 11 is 0. The number of nitriles is 1. The van der Waals surface area contributed by atoms with E-state index in [1.54, 1.807) is 0 Å². The Morgan fingerprint density at radius 3 is 2.40 bits per heavy atom. The van der Waals surface area contributed by atoms with Crippen molar-refractivity contribution >= 4 is 11.7 Å². The number of hydrogen-bond acceptors (Lipinski definition) is 5. The minimum Gasteiger partial charge on any atom is -0.508 e. The molecule has 1 heterocycles. The Bertz CT molecular complexity index is 1320. The summed E-state index contributed by atoms with van der Waals surface area (Å²) in [6, 6.07) is 1.80. The SMILES string of the molecule is CC1(C)C[C@@H]2C(CC[C@]3(C)[C@@H]2C(=O)C=C2[C@@]4(C)CC(C#N)=C(O)[C@@]5(C)O[C@@]45CC[C@]23C)[C@H](NC(=O)C(C)(F)F)C1. The first-order chi connectivity index (χ1) is 18.3. The number of amides is 1. The molecule has 40 heavy (non-hydrogen) atoms. The molecule has 218 valence electrons. The van der Waals surface area contributed by atoms with Crippen LogP contribution in [0.3, 0.4) is 0 Å². The van der Waals surface area contributed by atoms with Gasteiger partial charge in [0.15, 0.2) is 11.4 Å². The first-order valence-corrected chi connectivity index (χ1v) is 14.8. The van der Waals surface area contributed by atoms with Crippen molar-refractivity contribution in [1.29, 1.82) is 5.26 Å². The third-order valence-corrected chi connectivity index (χ3v) is 12.9. The van der Waals surface area contributed by atoms with Gasteiger partial charge >= 0.3 is 5.92 Å². The number of ether oxygens (including phenoxy) is 1. The van der Waals surface area contributed by atoms with Crippen molar-refractivity contribution in [3.05, 3.63) is 23.0 Å². The second-order valence-corrected chi connectivity index (χ2v) is 15.5. The lowest BCUT2D eigenvalue weighted by molar-refractivity contribution is -0.159. The maximum Gasteiger partial charge on any atom is 0.321 e. The molecule has 5 aliphatic carbocycles. The van der Waals surface area contributed by atoms with Crippen molar-refractivity contribution in [3.8, 4) is 6.07 Å². The number of carbonyl (C=O) groups is 2. The molecule has 0 radical (unpaired) electrons. The molecule has 8 heteroatoms. The molecule has 3 saturated carbocycles. The number of nitrogens with zero attached hydrogens (tertiary/aromatic N) is 1. The fourth-order valence-corrected chi connectivity index (χ4v) is 10.7. The van der Waals surface area contributed by atoms with Crippen LogP contribution in [0.4, 0.5) is 8.78 Å². The highest BCUT2D eigenvalue weighted by Gasteiger charge is 2.83. The Hall–Kier alpha value is -2.27. The zero-order valence-electron chi connectivity index (χ0n) is 24.7. The largest absolute Gasteiger partial charge is 0.508 e. The fraction of sp³-hybridized carbons (Fsp3) is 0.781. The highest BCUT2D eigenvalue weighted by molar-refractivity contribution is 5.95. The molecule has 1 amide bonds. The maximum atomic E-state index is 14.4. The fourth-order valence-electron chi connectivity index (χ4n) is 10.7. The molecule has 1 unspecified atom stereocenters. The molecule has 0 bridgehead atoms. The van der Waals surface area contributed by atoms with E-state index in [-0.39, 0.29) is 45.5 Å². The van der Waals surface area contributed by atoms with E-state index in [1.807, 2.05) is 13.0 Å². The van der Waals surface area contributed by atoms with Crippen molar-refractivity contribution in [3.63, 3.8) is 0 Å². The van der Waals surface area contributed by atoms with E-state index in [0.29, 0.717) is 25.3 Å². The number of fused-ring (bicyclic) bond motifs is 6. The molecule has 9 atom stereocenters. The molecule has 6 nitrogen and oxygen atoms in total. The van der Waals surface area contributed by atoms with Crippen LogP contribution in [0.15, 0.2) is 23.0 Å². The molecular formula is C32H42F2N2O4. The highest BCUT2D eigenvalue weighted by atomic mass is 19.3. The van der Waals surface area contributed by atoms with Crippen LogP contribution in [-0.4, -0.2) is 40.0 Å². The second-order valence-electron chi connectivity index (χ2n) is 15.5. The maximum absolute atomic E-state index is 14.4. The van der Waals surface area contributed by atoms with Gasteiger partial charge in [-0.3, -0.25) is 9.59 Å². The first kappa shape index (κ1) is 27.9. The molecule has 1 aliphatic heterocycles. The number of aliphatic hydroxyl groups excluding tert-OH is 1. The van der Waals surface area contributed by atoms with Gasteiger partial charge in [0, 0.05) is 24.3 Å². The number of ketones is 1. The minimum absolute atomic E-state index is 0.0265. The molecule has 2 N–H and O–H groups in total. The summed E-state index contributed by atoms with van der Waals surface area (Å²) in [5, 5.41) is 23.5. The zero-order chi connectivity index (χ0) is 29.5. The number of carbonyl (C=O) groups excluding carboxylic acids is 2. The van der Waals surface area contributed by atoms with Gasteiger partial charge in [-0.2, -0.15) is 14.0 Å². The number of nitrogens with one attached hydrogen (secondary N) is 1. The summed E-state index contributed by atoms with van der Waals surface area (Å²) in [6.45, 7) is 13.3. The quantitative estimate of drug-likeness (QED) is 0.396. The third-order valence-electron chi connectivity index (χ3n) is 12.9. The van der Waals surface area contributed by atoms with Crippen LogP contribution in [0.2, 0.25) is 0 Å². The van der Waals surface area contributed by atoms with Crippen LogP contribution >= 0.6 is 0 Å². The molecule has 6 rings (SSSR count). The summed E-state index contributed by atoms with van der Waals surface area (Å²) in [5.74, 6) is -4.97. The number of hydrogen-bond donors (Lipinski definition) is 2. The van der Waals surface area contributed by atoms with E-state index in [4.69, 9.17) is 4.74 Å². The lowest BCUT2D eigenvalue weighted by Crippen LogP contribution is -2.66. The van der Waals surface area contributed by atoms with Crippen LogP contribution in [0.5, 0.6) is 0 Å². The van der Waals surface area contributed by atoms with E-state index in [1.165, 1.54) is 0 Å². The van der Waals surface area contributed by atoms with Crippen LogP contribution in [0.25, 0.3) is 0 Å². The monoisotopic (exact) mass is 556 g/mol.